The number of nitrogens with zero attached hydrogens (tertiary/aromatic N) is 2. The number of aryl methyl sites for hydroxylation is 2. The first-order valence-corrected chi connectivity index (χ1v) is 7.05. The van der Waals surface area contributed by atoms with Crippen molar-refractivity contribution >= 4 is 5.97 Å². The van der Waals surface area contributed by atoms with Gasteiger partial charge in [0.05, 0.1) is 18.2 Å². The Kier molecular flexibility index (Phi) is 3.41. The Morgan fingerprint density at radius 3 is 3.00 bits per heavy atom. The topological polar surface area (TPSA) is 64.4 Å². The van der Waals surface area contributed by atoms with E-state index in [4.69, 9.17) is 4.74 Å². The maximum atomic E-state index is 12.0. The van der Waals surface area contributed by atoms with E-state index in [2.05, 4.69) is 5.10 Å². The summed E-state index contributed by atoms with van der Waals surface area (Å²) in [4.78, 5) is 12.0. The Labute approximate surface area is 123 Å². The highest BCUT2D eigenvalue weighted by molar-refractivity contribution is 5.83. The van der Waals surface area contributed by atoms with Gasteiger partial charge in [0.15, 0.2) is 0 Å². The van der Waals surface area contributed by atoms with Gasteiger partial charge < -0.3 is 9.84 Å². The highest BCUT2D eigenvalue weighted by Crippen LogP contribution is 2.42. The van der Waals surface area contributed by atoms with Crippen LogP contribution in [0, 0.1) is 0 Å². The first-order valence-electron chi connectivity index (χ1n) is 7.05. The number of fused-ring (bicyclic) bond motifs is 1. The van der Waals surface area contributed by atoms with Crippen molar-refractivity contribution in [3.63, 3.8) is 0 Å². The SMILES string of the molecule is Cn1cc(CCC2(C(=O)O)CCOc3ccccc32)cn1. The summed E-state index contributed by atoms with van der Waals surface area (Å²) < 4.78 is 7.34. The maximum Gasteiger partial charge on any atom is 0.314 e. The Morgan fingerprint density at radius 2 is 2.29 bits per heavy atom. The van der Waals surface area contributed by atoms with Crippen LogP contribution in [0.15, 0.2) is 36.7 Å². The van der Waals surface area contributed by atoms with Gasteiger partial charge in [-0.25, -0.2) is 0 Å². The highest BCUT2D eigenvalue weighted by Gasteiger charge is 2.44. The molecular formula is C16H18N2O3. The molecule has 1 unspecified atom stereocenters. The lowest BCUT2D eigenvalue weighted by Gasteiger charge is -2.35. The zero-order valence-corrected chi connectivity index (χ0v) is 12.0. The molecule has 0 spiro atoms. The molecule has 1 atom stereocenters. The fourth-order valence-electron chi connectivity index (χ4n) is 3.01. The van der Waals surface area contributed by atoms with Crippen LogP contribution in [0.5, 0.6) is 5.75 Å². The first kappa shape index (κ1) is 13.7. The molecule has 2 heterocycles. The summed E-state index contributed by atoms with van der Waals surface area (Å²) in [6, 6.07) is 7.45. The minimum Gasteiger partial charge on any atom is -0.493 e. The van der Waals surface area contributed by atoms with Crippen LogP contribution in [-0.4, -0.2) is 27.5 Å². The smallest absolute Gasteiger partial charge is 0.314 e. The molecule has 110 valence electrons. The lowest BCUT2D eigenvalue weighted by molar-refractivity contribution is -0.145. The number of carbonyl (C=O) groups is 1. The van der Waals surface area contributed by atoms with E-state index in [0.717, 1.165) is 11.1 Å². The molecule has 0 bridgehead atoms. The number of carboxylic acid groups (broad SMARTS) is 1. The molecule has 1 aromatic carbocycles. The highest BCUT2D eigenvalue weighted by atomic mass is 16.5. The van der Waals surface area contributed by atoms with Crippen molar-refractivity contribution in [2.45, 2.75) is 24.7 Å². The van der Waals surface area contributed by atoms with E-state index in [-0.39, 0.29) is 0 Å². The van der Waals surface area contributed by atoms with Crippen LogP contribution in [0.1, 0.15) is 24.0 Å². The number of para-hydroxylation sites is 1. The van der Waals surface area contributed by atoms with Crippen molar-refractivity contribution in [1.82, 2.24) is 9.78 Å². The predicted octanol–water partition coefficient (Wildman–Crippen LogP) is 2.16. The Hall–Kier alpha value is -2.30. The van der Waals surface area contributed by atoms with Gasteiger partial charge in [0, 0.05) is 25.2 Å². The standard InChI is InChI=1S/C16H18N2O3/c1-18-11-12(10-17-18)6-7-16(15(19)20)8-9-21-14-5-3-2-4-13(14)16/h2-5,10-11H,6-9H2,1H3,(H,19,20). The van der Waals surface area contributed by atoms with Crippen molar-refractivity contribution in [1.29, 1.82) is 0 Å². The molecule has 1 N–H and O–H groups in total. The minimum absolute atomic E-state index is 0.441. The van der Waals surface area contributed by atoms with Gasteiger partial charge in [0.1, 0.15) is 5.75 Å². The predicted molar refractivity (Wildman–Crippen MR) is 77.4 cm³/mol. The molecule has 21 heavy (non-hydrogen) atoms. The summed E-state index contributed by atoms with van der Waals surface area (Å²) in [6.07, 6.45) is 5.46. The molecule has 2 aromatic rings. The summed E-state index contributed by atoms with van der Waals surface area (Å²) in [5, 5.41) is 14.0. The second-order valence-corrected chi connectivity index (χ2v) is 5.50. The number of aliphatic carboxylic acids is 1. The third-order valence-electron chi connectivity index (χ3n) is 4.20. The van der Waals surface area contributed by atoms with E-state index in [9.17, 15) is 9.90 Å². The van der Waals surface area contributed by atoms with Gasteiger partial charge in [0.2, 0.25) is 0 Å². The monoisotopic (exact) mass is 286 g/mol. The summed E-state index contributed by atoms with van der Waals surface area (Å²) in [7, 11) is 1.86. The van der Waals surface area contributed by atoms with E-state index in [1.807, 2.05) is 37.5 Å². The molecule has 0 amide bonds. The average molecular weight is 286 g/mol. The fraction of sp³-hybridized carbons (Fsp3) is 0.375. The summed E-state index contributed by atoms with van der Waals surface area (Å²) >= 11 is 0. The molecule has 1 aliphatic rings. The molecular weight excluding hydrogens is 268 g/mol. The van der Waals surface area contributed by atoms with E-state index in [0.29, 0.717) is 31.6 Å². The molecule has 5 nitrogen and oxygen atoms in total. The number of rotatable bonds is 4. The number of ether oxygens (including phenoxy) is 1. The molecule has 0 radical (unpaired) electrons. The van der Waals surface area contributed by atoms with Crippen molar-refractivity contribution in [2.75, 3.05) is 6.61 Å². The first-order chi connectivity index (χ1) is 10.1. The summed E-state index contributed by atoms with van der Waals surface area (Å²) in [5.74, 6) is -0.0838. The van der Waals surface area contributed by atoms with Crippen molar-refractivity contribution in [2.24, 2.45) is 7.05 Å². The summed E-state index contributed by atoms with van der Waals surface area (Å²) in [5.41, 5.74) is 0.972. The second-order valence-electron chi connectivity index (χ2n) is 5.50. The lowest BCUT2D eigenvalue weighted by Crippen LogP contribution is -2.41. The second kappa shape index (κ2) is 5.24. The maximum absolute atomic E-state index is 12.0. The zero-order valence-electron chi connectivity index (χ0n) is 12.0. The number of carboxylic acids is 1. The van der Waals surface area contributed by atoms with Gasteiger partial charge in [-0.3, -0.25) is 9.48 Å². The average Bonchev–Trinajstić information content (AvgIpc) is 2.90. The van der Waals surface area contributed by atoms with Gasteiger partial charge in [-0.2, -0.15) is 5.10 Å². The quantitative estimate of drug-likeness (QED) is 0.935. The van der Waals surface area contributed by atoms with Gasteiger partial charge in [0.25, 0.3) is 0 Å². The van der Waals surface area contributed by atoms with Gasteiger partial charge in [-0.15, -0.1) is 0 Å². The molecule has 0 aliphatic carbocycles. The normalized spacial score (nSPS) is 20.6. The minimum atomic E-state index is -0.870. The van der Waals surface area contributed by atoms with Crippen LogP contribution in [0.2, 0.25) is 0 Å². The molecule has 3 rings (SSSR count). The third-order valence-corrected chi connectivity index (χ3v) is 4.20. The van der Waals surface area contributed by atoms with Crippen LogP contribution in [-0.2, 0) is 23.7 Å². The Bertz CT molecular complexity index is 665. The van der Waals surface area contributed by atoms with Crippen LogP contribution in [0.3, 0.4) is 0 Å². The molecule has 0 saturated heterocycles. The molecule has 1 aromatic heterocycles. The Morgan fingerprint density at radius 1 is 1.48 bits per heavy atom. The van der Waals surface area contributed by atoms with E-state index >= 15 is 0 Å². The van der Waals surface area contributed by atoms with Gasteiger partial charge >= 0.3 is 5.97 Å². The Balaban J connectivity index is 1.92. The summed E-state index contributed by atoms with van der Waals surface area (Å²) in [6.45, 7) is 0.441. The van der Waals surface area contributed by atoms with Crippen LogP contribution >= 0.6 is 0 Å². The van der Waals surface area contributed by atoms with Crippen LogP contribution < -0.4 is 4.74 Å². The molecule has 0 fully saturated rings. The number of hydrogen-bond acceptors (Lipinski definition) is 3. The number of aromatic nitrogens is 2. The fourth-order valence-corrected chi connectivity index (χ4v) is 3.01. The third kappa shape index (κ3) is 2.39. The molecule has 5 heteroatoms. The molecule has 1 aliphatic heterocycles. The van der Waals surface area contributed by atoms with Crippen LogP contribution in [0.25, 0.3) is 0 Å². The van der Waals surface area contributed by atoms with E-state index in [1.165, 1.54) is 0 Å². The van der Waals surface area contributed by atoms with Crippen molar-refractivity contribution in [3.8, 4) is 5.75 Å². The van der Waals surface area contributed by atoms with Gasteiger partial charge in [-0.1, -0.05) is 18.2 Å². The van der Waals surface area contributed by atoms with Gasteiger partial charge in [-0.05, 0) is 24.5 Å². The van der Waals surface area contributed by atoms with E-state index in [1.54, 1.807) is 10.9 Å². The lowest BCUT2D eigenvalue weighted by atomic mass is 9.72. The van der Waals surface area contributed by atoms with Crippen molar-refractivity contribution in [3.05, 3.63) is 47.8 Å². The zero-order chi connectivity index (χ0) is 14.9. The van der Waals surface area contributed by atoms with Crippen molar-refractivity contribution < 1.29 is 14.6 Å². The molecule has 0 saturated carbocycles. The van der Waals surface area contributed by atoms with Crippen LogP contribution in [0.4, 0.5) is 0 Å². The number of hydrogen-bond donors (Lipinski definition) is 1. The van der Waals surface area contributed by atoms with E-state index < -0.39 is 11.4 Å². The largest absolute Gasteiger partial charge is 0.493 e. The number of benzene rings is 1.